The Morgan fingerprint density at radius 2 is 2.19 bits per heavy atom. The zero-order valence-electron chi connectivity index (χ0n) is 15.5. The van der Waals surface area contributed by atoms with Crippen LogP contribution < -0.4 is 10.2 Å². The third-order valence-electron chi connectivity index (χ3n) is 5.15. The van der Waals surface area contributed by atoms with Gasteiger partial charge >= 0.3 is 6.03 Å². The quantitative estimate of drug-likeness (QED) is 0.601. The van der Waals surface area contributed by atoms with Gasteiger partial charge in [0.15, 0.2) is 6.29 Å². The van der Waals surface area contributed by atoms with Crippen molar-refractivity contribution in [3.05, 3.63) is 47.3 Å². The molecule has 2 amide bonds. The van der Waals surface area contributed by atoms with E-state index in [1.807, 2.05) is 6.07 Å². The minimum Gasteiger partial charge on any atom is -0.388 e. The number of hydrogen-bond donors (Lipinski definition) is 2. The highest BCUT2D eigenvalue weighted by molar-refractivity contribution is 5.92. The number of rotatable bonds is 6. The molecule has 0 aromatic carbocycles. The molecule has 2 atom stereocenters. The SMILES string of the molecule is CCCCC(O)c1ccc([N+]2(C(N)=O)CCCc3ccc(C=O)nc32)nc1. The van der Waals surface area contributed by atoms with Crippen molar-refractivity contribution >= 4 is 24.0 Å². The second-order valence-corrected chi connectivity index (χ2v) is 6.92. The number of aliphatic hydroxyl groups excluding tert-OH is 1. The topological polar surface area (TPSA) is 106 Å². The standard InChI is InChI=1S/C20H24N4O3/c1-2-3-6-17(26)15-8-10-18(22-12-15)24(20(21)27)11-4-5-14-7-9-16(13-25)23-19(14)24/h7-10,12-13,17,26H,2-6,11H2,1H3,(H-,21,27)/p+1. The Hall–Kier alpha value is -2.64. The number of carbonyl (C=O) groups excluding carboxylic acids is 2. The van der Waals surface area contributed by atoms with Gasteiger partial charge in [0, 0.05) is 24.2 Å². The van der Waals surface area contributed by atoms with E-state index < -0.39 is 12.1 Å². The Morgan fingerprint density at radius 3 is 2.81 bits per heavy atom. The molecule has 0 aliphatic carbocycles. The van der Waals surface area contributed by atoms with Crippen LogP contribution in [-0.2, 0) is 6.42 Å². The molecule has 0 bridgehead atoms. The average molecular weight is 369 g/mol. The number of carbonyl (C=O) groups is 2. The molecule has 3 rings (SSSR count). The van der Waals surface area contributed by atoms with Gasteiger partial charge < -0.3 is 10.8 Å². The fraction of sp³-hybridized carbons (Fsp3) is 0.400. The summed E-state index contributed by atoms with van der Waals surface area (Å²) in [5.74, 6) is 0.913. The summed E-state index contributed by atoms with van der Waals surface area (Å²) in [6, 6.07) is 6.39. The van der Waals surface area contributed by atoms with E-state index in [4.69, 9.17) is 5.73 Å². The molecule has 0 fully saturated rings. The third kappa shape index (κ3) is 3.48. The number of pyridine rings is 2. The number of nitrogens with zero attached hydrogens (tertiary/aromatic N) is 3. The van der Waals surface area contributed by atoms with Crippen LogP contribution in [0.15, 0.2) is 30.5 Å². The first kappa shape index (κ1) is 19.1. The molecule has 2 aromatic rings. The van der Waals surface area contributed by atoms with E-state index in [1.165, 1.54) is 0 Å². The van der Waals surface area contributed by atoms with Crippen LogP contribution in [0.4, 0.5) is 16.4 Å². The molecule has 3 N–H and O–H groups in total. The fourth-order valence-electron chi connectivity index (χ4n) is 3.63. The first-order valence-electron chi connectivity index (χ1n) is 9.31. The summed E-state index contributed by atoms with van der Waals surface area (Å²) in [7, 11) is 0. The number of aromatic nitrogens is 2. The largest absolute Gasteiger partial charge is 0.426 e. The third-order valence-corrected chi connectivity index (χ3v) is 5.15. The number of aldehydes is 1. The maximum absolute atomic E-state index is 12.6. The molecule has 0 saturated heterocycles. The number of aryl methyl sites for hydroxylation is 1. The summed E-state index contributed by atoms with van der Waals surface area (Å²) in [4.78, 5) is 32.6. The molecule has 142 valence electrons. The molecule has 27 heavy (non-hydrogen) atoms. The zero-order valence-corrected chi connectivity index (χ0v) is 15.5. The van der Waals surface area contributed by atoms with Crippen molar-refractivity contribution in [2.75, 3.05) is 6.54 Å². The monoisotopic (exact) mass is 369 g/mol. The number of amides is 2. The molecule has 7 nitrogen and oxygen atoms in total. The number of primary amides is 1. The molecule has 2 aromatic heterocycles. The lowest BCUT2D eigenvalue weighted by Crippen LogP contribution is -2.56. The van der Waals surface area contributed by atoms with Gasteiger partial charge in [0.2, 0.25) is 11.6 Å². The van der Waals surface area contributed by atoms with E-state index in [0.29, 0.717) is 36.5 Å². The summed E-state index contributed by atoms with van der Waals surface area (Å²) >= 11 is 0. The number of unbranched alkanes of at least 4 members (excludes halogenated alkanes) is 1. The van der Waals surface area contributed by atoms with E-state index in [1.54, 1.807) is 24.4 Å². The highest BCUT2D eigenvalue weighted by Gasteiger charge is 2.47. The lowest BCUT2D eigenvalue weighted by Gasteiger charge is -2.35. The molecule has 1 aliphatic rings. The van der Waals surface area contributed by atoms with Crippen molar-refractivity contribution in [2.24, 2.45) is 5.73 Å². The van der Waals surface area contributed by atoms with E-state index in [2.05, 4.69) is 16.9 Å². The van der Waals surface area contributed by atoms with E-state index in [-0.39, 0.29) is 10.2 Å². The van der Waals surface area contributed by atoms with E-state index in [0.717, 1.165) is 31.2 Å². The van der Waals surface area contributed by atoms with Crippen LogP contribution in [0.5, 0.6) is 0 Å². The second-order valence-electron chi connectivity index (χ2n) is 6.92. The van der Waals surface area contributed by atoms with Crippen molar-refractivity contribution in [1.29, 1.82) is 0 Å². The van der Waals surface area contributed by atoms with Crippen molar-refractivity contribution in [1.82, 2.24) is 14.5 Å². The van der Waals surface area contributed by atoms with Gasteiger partial charge in [0.05, 0.1) is 6.10 Å². The second kappa shape index (κ2) is 7.94. The minimum atomic E-state index is -0.585. The van der Waals surface area contributed by atoms with Crippen LogP contribution in [-0.4, -0.2) is 33.9 Å². The fourth-order valence-corrected chi connectivity index (χ4v) is 3.63. The molecule has 0 spiro atoms. The maximum atomic E-state index is 12.6. The minimum absolute atomic E-state index is 0.256. The van der Waals surface area contributed by atoms with Crippen LogP contribution in [0, 0.1) is 0 Å². The average Bonchev–Trinajstić information content (AvgIpc) is 2.71. The van der Waals surface area contributed by atoms with Crippen molar-refractivity contribution in [2.45, 2.75) is 45.1 Å². The molecule has 2 unspecified atom stereocenters. The Kier molecular flexibility index (Phi) is 5.62. The summed E-state index contributed by atoms with van der Waals surface area (Å²) < 4.78 is -0.317. The van der Waals surface area contributed by atoms with Crippen LogP contribution in [0.1, 0.15) is 60.3 Å². The first-order valence-corrected chi connectivity index (χ1v) is 9.31. The summed E-state index contributed by atoms with van der Waals surface area (Å²) in [6.45, 7) is 2.51. The summed E-state index contributed by atoms with van der Waals surface area (Å²) in [5, 5.41) is 10.3. The normalized spacial score (nSPS) is 19.9. The molecule has 0 radical (unpaired) electrons. The van der Waals surface area contributed by atoms with Gasteiger partial charge in [-0.15, -0.1) is 4.48 Å². The Labute approximate surface area is 158 Å². The molecular formula is C20H25N4O3+. The number of urea groups is 1. The summed E-state index contributed by atoms with van der Waals surface area (Å²) in [5.41, 5.74) is 7.67. The predicted molar refractivity (Wildman–Crippen MR) is 103 cm³/mol. The van der Waals surface area contributed by atoms with Crippen LogP contribution >= 0.6 is 0 Å². The molecule has 7 heteroatoms. The maximum Gasteiger partial charge on any atom is 0.426 e. The van der Waals surface area contributed by atoms with Gasteiger partial charge in [-0.25, -0.2) is 9.78 Å². The summed E-state index contributed by atoms with van der Waals surface area (Å²) in [6.07, 6.45) is 5.79. The van der Waals surface area contributed by atoms with E-state index >= 15 is 0 Å². The Balaban J connectivity index is 2.05. The number of nitrogens with two attached hydrogens (primary N) is 1. The van der Waals surface area contributed by atoms with Gasteiger partial charge in [0.1, 0.15) is 12.2 Å². The smallest absolute Gasteiger partial charge is 0.388 e. The van der Waals surface area contributed by atoms with Crippen molar-refractivity contribution in [3.63, 3.8) is 0 Å². The number of quaternary nitrogens is 1. The van der Waals surface area contributed by atoms with Gasteiger partial charge in [0.25, 0.3) is 0 Å². The lowest BCUT2D eigenvalue weighted by atomic mass is 10.0. The van der Waals surface area contributed by atoms with Gasteiger partial charge in [-0.05, 0) is 36.6 Å². The van der Waals surface area contributed by atoms with E-state index in [9.17, 15) is 14.7 Å². The van der Waals surface area contributed by atoms with Crippen molar-refractivity contribution < 1.29 is 14.7 Å². The number of aliphatic hydroxyl groups is 1. The van der Waals surface area contributed by atoms with Crippen LogP contribution in [0.2, 0.25) is 0 Å². The first-order chi connectivity index (χ1) is 13.0. The Bertz CT molecular complexity index is 838. The van der Waals surface area contributed by atoms with Gasteiger partial charge in [-0.2, -0.15) is 4.98 Å². The molecule has 1 aliphatic heterocycles. The number of fused-ring (bicyclic) bond motifs is 1. The van der Waals surface area contributed by atoms with Crippen LogP contribution in [0.3, 0.4) is 0 Å². The molecule has 3 heterocycles. The molecular weight excluding hydrogens is 344 g/mol. The highest BCUT2D eigenvalue weighted by Crippen LogP contribution is 2.39. The van der Waals surface area contributed by atoms with Gasteiger partial charge in [-0.1, -0.05) is 19.8 Å². The lowest BCUT2D eigenvalue weighted by molar-refractivity contribution is 0.111. The van der Waals surface area contributed by atoms with Gasteiger partial charge in [-0.3, -0.25) is 4.79 Å². The number of hydrogen-bond acceptors (Lipinski definition) is 5. The Morgan fingerprint density at radius 1 is 1.37 bits per heavy atom. The van der Waals surface area contributed by atoms with Crippen LogP contribution in [0.25, 0.3) is 0 Å². The molecule has 0 saturated carbocycles. The highest BCUT2D eigenvalue weighted by atomic mass is 16.3. The van der Waals surface area contributed by atoms with Crippen molar-refractivity contribution in [3.8, 4) is 0 Å². The predicted octanol–water partition coefficient (Wildman–Crippen LogP) is 3.18. The zero-order chi connectivity index (χ0) is 19.4.